The maximum atomic E-state index is 5.74. The summed E-state index contributed by atoms with van der Waals surface area (Å²) < 4.78 is 7.90. The maximum Gasteiger partial charge on any atom is 0.122 e. The first kappa shape index (κ1) is 14.4. The van der Waals surface area contributed by atoms with Crippen molar-refractivity contribution in [3.63, 3.8) is 0 Å². The van der Waals surface area contributed by atoms with Gasteiger partial charge in [0.2, 0.25) is 0 Å². The minimum Gasteiger partial charge on any atom is -0.491 e. The van der Waals surface area contributed by atoms with Crippen LogP contribution in [0, 0.1) is 6.92 Å². The van der Waals surface area contributed by atoms with Crippen LogP contribution in [0.15, 0.2) is 51.4 Å². The Hall–Kier alpha value is -1.000. The summed E-state index contributed by atoms with van der Waals surface area (Å²) in [6, 6.07) is 14.1. The van der Waals surface area contributed by atoms with Gasteiger partial charge in [-0.05, 0) is 55.0 Å². The zero-order valence-corrected chi connectivity index (χ0v) is 13.8. The molecule has 0 spiro atoms. The molecule has 2 aromatic carbocycles. The van der Waals surface area contributed by atoms with E-state index in [0.717, 1.165) is 32.5 Å². The van der Waals surface area contributed by atoms with E-state index in [4.69, 9.17) is 4.74 Å². The minimum absolute atomic E-state index is 0.637. The number of rotatable bonds is 5. The molecule has 0 atom stereocenters. The van der Waals surface area contributed by atoms with E-state index in [1.54, 1.807) is 0 Å². The molecule has 2 aromatic rings. The monoisotopic (exact) mass is 383 g/mol. The summed E-state index contributed by atoms with van der Waals surface area (Å²) in [7, 11) is 0. The van der Waals surface area contributed by atoms with Gasteiger partial charge in [0.05, 0.1) is 0 Å². The predicted octanol–water partition coefficient (Wildman–Crippen LogP) is 5.01. The van der Waals surface area contributed by atoms with Crippen LogP contribution in [-0.2, 0) is 0 Å². The normalized spacial score (nSPS) is 10.3. The van der Waals surface area contributed by atoms with E-state index < -0.39 is 0 Å². The molecule has 0 aliphatic carbocycles. The molecule has 0 aromatic heterocycles. The molecular formula is C15H15Br2NO. The molecule has 0 aliphatic heterocycles. The fraction of sp³-hybridized carbons (Fsp3) is 0.200. The van der Waals surface area contributed by atoms with Gasteiger partial charge in [0.1, 0.15) is 12.4 Å². The van der Waals surface area contributed by atoms with Crippen LogP contribution in [0.3, 0.4) is 0 Å². The van der Waals surface area contributed by atoms with Crippen molar-refractivity contribution in [1.82, 2.24) is 0 Å². The summed E-state index contributed by atoms with van der Waals surface area (Å²) in [5.74, 6) is 0.931. The van der Waals surface area contributed by atoms with Crippen molar-refractivity contribution in [3.05, 3.63) is 57.0 Å². The lowest BCUT2D eigenvalue weighted by Gasteiger charge is -2.11. The first-order valence-corrected chi connectivity index (χ1v) is 7.62. The average molecular weight is 385 g/mol. The SMILES string of the molecule is Cc1cc(Br)ccc1OCCNc1ccc(Br)cc1. The molecule has 0 aliphatic rings. The van der Waals surface area contributed by atoms with Crippen LogP contribution in [0.2, 0.25) is 0 Å². The molecule has 1 N–H and O–H groups in total. The second kappa shape index (κ2) is 6.96. The highest BCUT2D eigenvalue weighted by Gasteiger charge is 1.99. The number of benzene rings is 2. The molecular weight excluding hydrogens is 370 g/mol. The van der Waals surface area contributed by atoms with Crippen LogP contribution in [0.4, 0.5) is 5.69 Å². The highest BCUT2D eigenvalue weighted by atomic mass is 79.9. The fourth-order valence-electron chi connectivity index (χ4n) is 1.70. The molecule has 100 valence electrons. The van der Waals surface area contributed by atoms with Gasteiger partial charge in [0.25, 0.3) is 0 Å². The van der Waals surface area contributed by atoms with E-state index in [1.807, 2.05) is 43.3 Å². The van der Waals surface area contributed by atoms with Crippen molar-refractivity contribution in [2.45, 2.75) is 6.92 Å². The second-order valence-electron chi connectivity index (χ2n) is 4.19. The van der Waals surface area contributed by atoms with Crippen molar-refractivity contribution in [2.75, 3.05) is 18.5 Å². The molecule has 2 nitrogen and oxygen atoms in total. The third kappa shape index (κ3) is 4.55. The Kier molecular flexibility index (Phi) is 5.28. The highest BCUT2D eigenvalue weighted by molar-refractivity contribution is 9.10. The number of hydrogen-bond donors (Lipinski definition) is 1. The van der Waals surface area contributed by atoms with Gasteiger partial charge in [-0.25, -0.2) is 0 Å². The van der Waals surface area contributed by atoms with Crippen LogP contribution in [0.5, 0.6) is 5.75 Å². The van der Waals surface area contributed by atoms with Gasteiger partial charge in [0, 0.05) is 21.2 Å². The minimum atomic E-state index is 0.637. The molecule has 0 radical (unpaired) electrons. The number of nitrogens with one attached hydrogen (secondary N) is 1. The highest BCUT2D eigenvalue weighted by Crippen LogP contribution is 2.22. The van der Waals surface area contributed by atoms with Gasteiger partial charge in [-0.3, -0.25) is 0 Å². The average Bonchev–Trinajstić information content (AvgIpc) is 2.39. The largest absolute Gasteiger partial charge is 0.491 e. The molecule has 19 heavy (non-hydrogen) atoms. The van der Waals surface area contributed by atoms with Crippen LogP contribution >= 0.6 is 31.9 Å². The van der Waals surface area contributed by atoms with Gasteiger partial charge in [-0.1, -0.05) is 31.9 Å². The van der Waals surface area contributed by atoms with E-state index >= 15 is 0 Å². The number of ether oxygens (including phenoxy) is 1. The van der Waals surface area contributed by atoms with Crippen molar-refractivity contribution in [3.8, 4) is 5.75 Å². The number of aryl methyl sites for hydroxylation is 1. The van der Waals surface area contributed by atoms with Gasteiger partial charge < -0.3 is 10.1 Å². The first-order valence-electron chi connectivity index (χ1n) is 6.03. The Labute approximate surface area is 130 Å². The van der Waals surface area contributed by atoms with Gasteiger partial charge in [-0.15, -0.1) is 0 Å². The summed E-state index contributed by atoms with van der Waals surface area (Å²) >= 11 is 6.86. The Morgan fingerprint density at radius 2 is 1.68 bits per heavy atom. The Bertz CT molecular complexity index is 540. The van der Waals surface area contributed by atoms with Crippen LogP contribution in [-0.4, -0.2) is 13.2 Å². The Balaban J connectivity index is 1.79. The summed E-state index contributed by atoms with van der Waals surface area (Å²) in [5.41, 5.74) is 2.23. The zero-order valence-electron chi connectivity index (χ0n) is 10.6. The molecule has 0 fully saturated rings. The maximum absolute atomic E-state index is 5.74. The molecule has 0 amide bonds. The zero-order chi connectivity index (χ0) is 13.7. The van der Waals surface area contributed by atoms with Crippen molar-refractivity contribution in [2.24, 2.45) is 0 Å². The second-order valence-corrected chi connectivity index (χ2v) is 6.02. The van der Waals surface area contributed by atoms with E-state index in [9.17, 15) is 0 Å². The van der Waals surface area contributed by atoms with Crippen molar-refractivity contribution in [1.29, 1.82) is 0 Å². The number of anilines is 1. The van der Waals surface area contributed by atoms with E-state index in [-0.39, 0.29) is 0 Å². The van der Waals surface area contributed by atoms with Gasteiger partial charge in [-0.2, -0.15) is 0 Å². The van der Waals surface area contributed by atoms with Crippen LogP contribution in [0.25, 0.3) is 0 Å². The Morgan fingerprint density at radius 1 is 1.00 bits per heavy atom. The third-order valence-electron chi connectivity index (χ3n) is 2.67. The van der Waals surface area contributed by atoms with Gasteiger partial charge >= 0.3 is 0 Å². The molecule has 0 unspecified atom stereocenters. The van der Waals surface area contributed by atoms with E-state index in [2.05, 4.69) is 43.2 Å². The lowest BCUT2D eigenvalue weighted by molar-refractivity contribution is 0.330. The van der Waals surface area contributed by atoms with Crippen molar-refractivity contribution >= 4 is 37.5 Å². The standard InChI is InChI=1S/C15H15Br2NO/c1-11-10-13(17)4-7-15(11)19-9-8-18-14-5-2-12(16)3-6-14/h2-7,10,18H,8-9H2,1H3. The summed E-state index contributed by atoms with van der Waals surface area (Å²) in [6.07, 6.45) is 0. The molecule has 2 rings (SSSR count). The lowest BCUT2D eigenvalue weighted by Crippen LogP contribution is -2.11. The number of hydrogen-bond acceptors (Lipinski definition) is 2. The topological polar surface area (TPSA) is 21.3 Å². The van der Waals surface area contributed by atoms with Crippen molar-refractivity contribution < 1.29 is 4.74 Å². The lowest BCUT2D eigenvalue weighted by atomic mass is 10.2. The first-order chi connectivity index (χ1) is 9.15. The van der Waals surface area contributed by atoms with E-state index in [1.165, 1.54) is 0 Å². The molecule has 0 heterocycles. The number of halogens is 2. The quantitative estimate of drug-likeness (QED) is 0.731. The molecule has 4 heteroatoms. The van der Waals surface area contributed by atoms with Crippen LogP contribution < -0.4 is 10.1 Å². The fourth-order valence-corrected chi connectivity index (χ4v) is 2.44. The smallest absolute Gasteiger partial charge is 0.122 e. The summed E-state index contributed by atoms with van der Waals surface area (Å²) in [6.45, 7) is 3.46. The molecule has 0 bridgehead atoms. The summed E-state index contributed by atoms with van der Waals surface area (Å²) in [4.78, 5) is 0. The molecule has 0 saturated carbocycles. The third-order valence-corrected chi connectivity index (χ3v) is 3.69. The predicted molar refractivity (Wildman–Crippen MR) is 87.0 cm³/mol. The van der Waals surface area contributed by atoms with Crippen LogP contribution in [0.1, 0.15) is 5.56 Å². The molecule has 0 saturated heterocycles. The Morgan fingerprint density at radius 3 is 2.37 bits per heavy atom. The van der Waals surface area contributed by atoms with Gasteiger partial charge in [0.15, 0.2) is 0 Å². The van der Waals surface area contributed by atoms with E-state index in [0.29, 0.717) is 6.61 Å². The summed E-state index contributed by atoms with van der Waals surface area (Å²) in [5, 5.41) is 3.32.